The summed E-state index contributed by atoms with van der Waals surface area (Å²) in [5.74, 6) is 0. The minimum Gasteiger partial charge on any atom is -0.391 e. The molecule has 3 heteroatoms. The highest BCUT2D eigenvalue weighted by atomic mass is 28.4. The Hall–Kier alpha value is -0.123. The third-order valence-electron chi connectivity index (χ3n) is 4.14. The minimum absolute atomic E-state index is 0.831. The molecule has 0 bridgehead atoms. The average Bonchev–Trinajstić information content (AvgIpc) is 2.53. The summed E-state index contributed by atoms with van der Waals surface area (Å²) in [6.07, 6.45) is 15.6. The van der Waals surface area contributed by atoms with Crippen LogP contribution >= 0.6 is 0 Å². The zero-order chi connectivity index (χ0) is 16.5. The molecule has 0 N–H and O–H groups in total. The maximum atomic E-state index is 6.03. The zero-order valence-electron chi connectivity index (χ0n) is 15.5. The largest absolute Gasteiger partial charge is 0.391 e. The standard InChI is InChI=1S/C19H40O2Si/c1-5-8-10-12-14-16-18-20-22(4,7-3)21-19-17-15-13-11-9-6-2/h7H,3,5-6,8-19H2,1-2,4H3. The number of hydrogen-bond acceptors (Lipinski definition) is 2. The molecule has 0 radical (unpaired) electrons. The Morgan fingerprint density at radius 2 is 1.05 bits per heavy atom. The number of rotatable bonds is 17. The fourth-order valence-electron chi connectivity index (χ4n) is 2.47. The molecule has 0 aromatic carbocycles. The van der Waals surface area contributed by atoms with Crippen molar-refractivity contribution >= 4 is 8.56 Å². The molecule has 0 aliphatic carbocycles. The lowest BCUT2D eigenvalue weighted by molar-refractivity contribution is 0.177. The summed E-state index contributed by atoms with van der Waals surface area (Å²) in [4.78, 5) is 0. The van der Waals surface area contributed by atoms with E-state index in [2.05, 4.69) is 27.0 Å². The molecule has 0 amide bonds. The summed E-state index contributed by atoms with van der Waals surface area (Å²) < 4.78 is 12.1. The van der Waals surface area contributed by atoms with Crippen molar-refractivity contribution in [2.24, 2.45) is 0 Å². The summed E-state index contributed by atoms with van der Waals surface area (Å²) in [5.41, 5.74) is 1.93. The Labute approximate surface area is 140 Å². The first-order valence-corrected chi connectivity index (χ1v) is 12.0. The van der Waals surface area contributed by atoms with Gasteiger partial charge in [0.2, 0.25) is 0 Å². The lowest BCUT2D eigenvalue weighted by Gasteiger charge is -2.23. The van der Waals surface area contributed by atoms with E-state index in [9.17, 15) is 0 Å². The van der Waals surface area contributed by atoms with E-state index in [1.807, 2.05) is 5.70 Å². The number of hydrogen-bond donors (Lipinski definition) is 0. The third-order valence-corrected chi connectivity index (χ3v) is 6.44. The van der Waals surface area contributed by atoms with E-state index < -0.39 is 8.56 Å². The van der Waals surface area contributed by atoms with Gasteiger partial charge in [-0.1, -0.05) is 78.1 Å². The van der Waals surface area contributed by atoms with Crippen LogP contribution in [0.3, 0.4) is 0 Å². The van der Waals surface area contributed by atoms with Crippen molar-refractivity contribution in [3.8, 4) is 0 Å². The van der Waals surface area contributed by atoms with Crippen LogP contribution in [0, 0.1) is 0 Å². The highest BCUT2D eigenvalue weighted by molar-refractivity contribution is 6.71. The molecule has 0 unspecified atom stereocenters. The molecule has 0 spiro atoms. The summed E-state index contributed by atoms with van der Waals surface area (Å²) in [5, 5.41) is 0. The van der Waals surface area contributed by atoms with Gasteiger partial charge in [0.25, 0.3) is 0 Å². The van der Waals surface area contributed by atoms with Crippen LogP contribution in [0.4, 0.5) is 0 Å². The van der Waals surface area contributed by atoms with E-state index in [0.717, 1.165) is 26.1 Å². The van der Waals surface area contributed by atoms with E-state index in [-0.39, 0.29) is 0 Å². The number of unbranched alkanes of at least 4 members (excludes halogenated alkanes) is 10. The molecule has 0 aliphatic rings. The van der Waals surface area contributed by atoms with Gasteiger partial charge in [-0.15, -0.1) is 6.58 Å². The maximum absolute atomic E-state index is 6.03. The normalized spacial score (nSPS) is 11.8. The zero-order valence-corrected chi connectivity index (χ0v) is 16.5. The van der Waals surface area contributed by atoms with Crippen molar-refractivity contribution < 1.29 is 8.85 Å². The minimum atomic E-state index is -2.11. The molecule has 2 nitrogen and oxygen atoms in total. The smallest absolute Gasteiger partial charge is 0.361 e. The fourth-order valence-corrected chi connectivity index (χ4v) is 3.89. The van der Waals surface area contributed by atoms with Gasteiger partial charge in [-0.25, -0.2) is 0 Å². The van der Waals surface area contributed by atoms with Crippen molar-refractivity contribution in [1.82, 2.24) is 0 Å². The second-order valence-electron chi connectivity index (χ2n) is 6.45. The monoisotopic (exact) mass is 328 g/mol. The van der Waals surface area contributed by atoms with E-state index in [4.69, 9.17) is 8.85 Å². The van der Waals surface area contributed by atoms with Crippen LogP contribution in [0.25, 0.3) is 0 Å². The molecule has 0 aromatic heterocycles. The van der Waals surface area contributed by atoms with Gasteiger partial charge in [-0.3, -0.25) is 0 Å². The highest BCUT2D eigenvalue weighted by Crippen LogP contribution is 2.13. The van der Waals surface area contributed by atoms with E-state index >= 15 is 0 Å². The van der Waals surface area contributed by atoms with Gasteiger partial charge in [0, 0.05) is 13.2 Å². The van der Waals surface area contributed by atoms with E-state index in [1.54, 1.807) is 0 Å². The molecule has 22 heavy (non-hydrogen) atoms. The van der Waals surface area contributed by atoms with Gasteiger partial charge in [0.15, 0.2) is 0 Å². The first kappa shape index (κ1) is 21.9. The Balaban J connectivity index is 3.56. The second-order valence-corrected chi connectivity index (χ2v) is 9.47. The maximum Gasteiger partial charge on any atom is 0.361 e. The van der Waals surface area contributed by atoms with Gasteiger partial charge in [-0.05, 0) is 25.1 Å². The second kappa shape index (κ2) is 15.8. The molecule has 0 aromatic rings. The quantitative estimate of drug-likeness (QED) is 0.223. The predicted molar refractivity (Wildman–Crippen MR) is 100 cm³/mol. The van der Waals surface area contributed by atoms with Crippen LogP contribution in [-0.2, 0) is 8.85 Å². The molecule has 132 valence electrons. The van der Waals surface area contributed by atoms with E-state index in [0.29, 0.717) is 0 Å². The van der Waals surface area contributed by atoms with Crippen molar-refractivity contribution in [1.29, 1.82) is 0 Å². The van der Waals surface area contributed by atoms with Crippen LogP contribution in [0.1, 0.15) is 90.9 Å². The van der Waals surface area contributed by atoms with Gasteiger partial charge < -0.3 is 8.85 Å². The van der Waals surface area contributed by atoms with Crippen molar-refractivity contribution in [2.75, 3.05) is 13.2 Å². The van der Waals surface area contributed by atoms with Crippen LogP contribution in [-0.4, -0.2) is 21.8 Å². The van der Waals surface area contributed by atoms with Crippen molar-refractivity contribution in [2.45, 2.75) is 97.4 Å². The van der Waals surface area contributed by atoms with Crippen LogP contribution in [0.5, 0.6) is 0 Å². The molecule has 0 heterocycles. The van der Waals surface area contributed by atoms with Gasteiger partial charge in [-0.2, -0.15) is 0 Å². The Bertz CT molecular complexity index is 226. The predicted octanol–water partition coefficient (Wildman–Crippen LogP) is 6.54. The molecular weight excluding hydrogens is 288 g/mol. The SMILES string of the molecule is C=C[Si](C)(OCCCCCCCC)OCCCCCCCC. The summed E-state index contributed by atoms with van der Waals surface area (Å²) >= 11 is 0. The molecule has 0 saturated heterocycles. The molecule has 0 rings (SSSR count). The summed E-state index contributed by atoms with van der Waals surface area (Å²) in [6.45, 7) is 12.2. The Morgan fingerprint density at radius 1 is 0.682 bits per heavy atom. The Morgan fingerprint density at radius 3 is 1.41 bits per heavy atom. The van der Waals surface area contributed by atoms with Crippen LogP contribution in [0.15, 0.2) is 12.3 Å². The third kappa shape index (κ3) is 13.5. The molecular formula is C19H40O2Si. The highest BCUT2D eigenvalue weighted by Gasteiger charge is 2.26. The lowest BCUT2D eigenvalue weighted by atomic mass is 10.1. The first-order valence-electron chi connectivity index (χ1n) is 9.60. The molecule has 0 saturated carbocycles. The first-order chi connectivity index (χ1) is 10.7. The summed E-state index contributed by atoms with van der Waals surface area (Å²) in [6, 6.07) is 0. The van der Waals surface area contributed by atoms with Gasteiger partial charge in [0.1, 0.15) is 0 Å². The molecule has 0 fully saturated rings. The average molecular weight is 329 g/mol. The van der Waals surface area contributed by atoms with Gasteiger partial charge >= 0.3 is 8.56 Å². The topological polar surface area (TPSA) is 18.5 Å². The van der Waals surface area contributed by atoms with Crippen LogP contribution < -0.4 is 0 Å². The molecule has 0 atom stereocenters. The Kier molecular flexibility index (Phi) is 15.7. The van der Waals surface area contributed by atoms with E-state index in [1.165, 1.54) is 64.2 Å². The molecule has 0 aliphatic heterocycles. The summed E-state index contributed by atoms with van der Waals surface area (Å²) in [7, 11) is -2.11. The van der Waals surface area contributed by atoms with Crippen molar-refractivity contribution in [3.63, 3.8) is 0 Å². The van der Waals surface area contributed by atoms with Crippen molar-refractivity contribution in [3.05, 3.63) is 12.3 Å². The van der Waals surface area contributed by atoms with Gasteiger partial charge in [0.05, 0.1) is 0 Å². The fraction of sp³-hybridized carbons (Fsp3) is 0.895. The van der Waals surface area contributed by atoms with Crippen LogP contribution in [0.2, 0.25) is 6.55 Å². The lowest BCUT2D eigenvalue weighted by Crippen LogP contribution is -2.37.